The summed E-state index contributed by atoms with van der Waals surface area (Å²) in [6.07, 6.45) is 4.44. The van der Waals surface area contributed by atoms with E-state index >= 15 is 0 Å². The quantitative estimate of drug-likeness (QED) is 0.666. The average Bonchev–Trinajstić information content (AvgIpc) is 2.39. The Kier molecular flexibility index (Phi) is 4.99. The molecule has 1 aliphatic rings. The predicted molar refractivity (Wildman–Crippen MR) is 73.9 cm³/mol. The number of piperidine rings is 1. The predicted octanol–water partition coefficient (Wildman–Crippen LogP) is 3.16. The summed E-state index contributed by atoms with van der Waals surface area (Å²) in [7, 11) is 0. The van der Waals surface area contributed by atoms with Gasteiger partial charge in [0.05, 0.1) is 11.5 Å². The number of nitrogens with one attached hydrogen (secondary N) is 1. The zero-order valence-corrected chi connectivity index (χ0v) is 11.4. The first-order valence-corrected chi connectivity index (χ1v) is 6.85. The summed E-state index contributed by atoms with van der Waals surface area (Å²) in [5.74, 6) is 0.244. The average molecular weight is 285 g/mol. The van der Waals surface area contributed by atoms with Crippen molar-refractivity contribution in [2.45, 2.75) is 31.7 Å². The van der Waals surface area contributed by atoms with Crippen LogP contribution in [0.2, 0.25) is 5.02 Å². The lowest BCUT2D eigenvalue weighted by Crippen LogP contribution is -2.35. The lowest BCUT2D eigenvalue weighted by atomic mass is 10.0. The second kappa shape index (κ2) is 6.73. The smallest absolute Gasteiger partial charge is 0.311 e. The number of rotatable bonds is 5. The normalized spacial score (nSPS) is 19.1. The number of hydrogen-bond acceptors (Lipinski definition) is 4. The van der Waals surface area contributed by atoms with E-state index in [4.69, 9.17) is 16.3 Å². The molecule has 0 aromatic heterocycles. The Labute approximate surface area is 117 Å². The zero-order valence-electron chi connectivity index (χ0n) is 10.6. The molecule has 2 rings (SSSR count). The number of ether oxygens (including phenoxy) is 1. The monoisotopic (exact) mass is 284 g/mol. The highest BCUT2D eigenvalue weighted by atomic mass is 35.5. The maximum Gasteiger partial charge on any atom is 0.311 e. The van der Waals surface area contributed by atoms with Crippen molar-refractivity contribution < 1.29 is 9.66 Å². The molecule has 1 aliphatic heterocycles. The van der Waals surface area contributed by atoms with Crippen molar-refractivity contribution in [3.63, 3.8) is 0 Å². The fourth-order valence-electron chi connectivity index (χ4n) is 2.24. The van der Waals surface area contributed by atoms with E-state index in [0.29, 0.717) is 17.7 Å². The van der Waals surface area contributed by atoms with E-state index in [1.165, 1.54) is 31.0 Å². The van der Waals surface area contributed by atoms with Gasteiger partial charge in [-0.2, -0.15) is 0 Å². The summed E-state index contributed by atoms with van der Waals surface area (Å²) >= 11 is 5.83. The highest BCUT2D eigenvalue weighted by molar-refractivity contribution is 6.30. The van der Waals surface area contributed by atoms with E-state index in [1.807, 2.05) is 0 Å². The van der Waals surface area contributed by atoms with Gasteiger partial charge in [0, 0.05) is 23.2 Å². The summed E-state index contributed by atoms with van der Waals surface area (Å²) < 4.78 is 5.52. The molecule has 0 amide bonds. The van der Waals surface area contributed by atoms with Crippen molar-refractivity contribution in [3.8, 4) is 5.75 Å². The van der Waals surface area contributed by atoms with Gasteiger partial charge < -0.3 is 10.1 Å². The van der Waals surface area contributed by atoms with Crippen LogP contribution in [0, 0.1) is 10.1 Å². The molecule has 0 saturated carbocycles. The Bertz CT molecular complexity index is 448. The highest BCUT2D eigenvalue weighted by Crippen LogP contribution is 2.30. The van der Waals surface area contributed by atoms with Gasteiger partial charge in [0.15, 0.2) is 5.75 Å². The van der Waals surface area contributed by atoms with Gasteiger partial charge in [-0.15, -0.1) is 0 Å². The van der Waals surface area contributed by atoms with E-state index < -0.39 is 4.92 Å². The molecule has 1 heterocycles. The first kappa shape index (κ1) is 14.1. The lowest BCUT2D eigenvalue weighted by Gasteiger charge is -2.23. The van der Waals surface area contributed by atoms with E-state index in [1.54, 1.807) is 0 Å². The Morgan fingerprint density at radius 3 is 3.00 bits per heavy atom. The SMILES string of the molecule is O=[N+]([O-])c1ccc(Cl)cc1OCCC1CCCCN1. The second-order valence-corrected chi connectivity index (χ2v) is 5.09. The van der Waals surface area contributed by atoms with Crippen molar-refractivity contribution in [1.82, 2.24) is 5.32 Å². The Hall–Kier alpha value is -1.33. The minimum Gasteiger partial charge on any atom is -0.487 e. The molecule has 0 spiro atoms. The van der Waals surface area contributed by atoms with Crippen LogP contribution in [0.15, 0.2) is 18.2 Å². The molecule has 0 radical (unpaired) electrons. The maximum absolute atomic E-state index is 10.9. The molecule has 104 valence electrons. The van der Waals surface area contributed by atoms with E-state index in [2.05, 4.69) is 5.32 Å². The summed E-state index contributed by atoms with van der Waals surface area (Å²) in [6, 6.07) is 4.81. The molecule has 1 aromatic carbocycles. The number of nitrogens with zero attached hydrogens (tertiary/aromatic N) is 1. The number of hydrogen-bond donors (Lipinski definition) is 1. The number of nitro groups is 1. The number of benzene rings is 1. The Balaban J connectivity index is 1.91. The van der Waals surface area contributed by atoms with Gasteiger partial charge in [0.25, 0.3) is 0 Å². The van der Waals surface area contributed by atoms with E-state index in [9.17, 15) is 10.1 Å². The van der Waals surface area contributed by atoms with Gasteiger partial charge in [0.1, 0.15) is 0 Å². The van der Waals surface area contributed by atoms with Crippen LogP contribution in [0.1, 0.15) is 25.7 Å². The van der Waals surface area contributed by atoms with Crippen LogP contribution in [0.5, 0.6) is 5.75 Å². The molecular weight excluding hydrogens is 268 g/mol. The van der Waals surface area contributed by atoms with Gasteiger partial charge in [-0.3, -0.25) is 10.1 Å². The molecule has 1 N–H and O–H groups in total. The van der Waals surface area contributed by atoms with E-state index in [-0.39, 0.29) is 11.4 Å². The lowest BCUT2D eigenvalue weighted by molar-refractivity contribution is -0.385. The molecule has 1 unspecified atom stereocenters. The number of halogens is 1. The first-order chi connectivity index (χ1) is 9.16. The van der Waals surface area contributed by atoms with Crippen molar-refractivity contribution >= 4 is 17.3 Å². The van der Waals surface area contributed by atoms with Gasteiger partial charge in [-0.05, 0) is 31.9 Å². The summed E-state index contributed by atoms with van der Waals surface area (Å²) in [5.41, 5.74) is -0.0407. The maximum atomic E-state index is 10.9. The van der Waals surface area contributed by atoms with Gasteiger partial charge in [0.2, 0.25) is 0 Å². The second-order valence-electron chi connectivity index (χ2n) is 4.65. The van der Waals surface area contributed by atoms with Gasteiger partial charge in [-0.25, -0.2) is 0 Å². The fourth-order valence-corrected chi connectivity index (χ4v) is 2.40. The Morgan fingerprint density at radius 1 is 1.47 bits per heavy atom. The topological polar surface area (TPSA) is 64.4 Å². The van der Waals surface area contributed by atoms with Crippen molar-refractivity contribution in [1.29, 1.82) is 0 Å². The van der Waals surface area contributed by atoms with E-state index in [0.717, 1.165) is 19.4 Å². The molecule has 1 aromatic rings. The first-order valence-electron chi connectivity index (χ1n) is 6.47. The van der Waals surface area contributed by atoms with Gasteiger partial charge >= 0.3 is 5.69 Å². The molecule has 0 bridgehead atoms. The molecule has 5 nitrogen and oxygen atoms in total. The van der Waals surface area contributed by atoms with Gasteiger partial charge in [-0.1, -0.05) is 18.0 Å². The molecule has 0 aliphatic carbocycles. The summed E-state index contributed by atoms with van der Waals surface area (Å²) in [6.45, 7) is 1.50. The Morgan fingerprint density at radius 2 is 2.32 bits per heavy atom. The molecular formula is C13H17ClN2O3. The summed E-state index contributed by atoms with van der Waals surface area (Å²) in [4.78, 5) is 10.4. The van der Waals surface area contributed by atoms with Crippen molar-refractivity contribution in [3.05, 3.63) is 33.3 Å². The summed E-state index contributed by atoms with van der Waals surface area (Å²) in [5, 5.41) is 14.7. The number of nitro benzene ring substituents is 1. The van der Waals surface area contributed by atoms with Crippen LogP contribution < -0.4 is 10.1 Å². The highest BCUT2D eigenvalue weighted by Gasteiger charge is 2.17. The fraction of sp³-hybridized carbons (Fsp3) is 0.538. The third kappa shape index (κ3) is 4.08. The largest absolute Gasteiger partial charge is 0.487 e. The minimum absolute atomic E-state index is 0.0407. The van der Waals surface area contributed by atoms with Crippen LogP contribution >= 0.6 is 11.6 Å². The zero-order chi connectivity index (χ0) is 13.7. The minimum atomic E-state index is -0.454. The molecule has 1 saturated heterocycles. The third-order valence-corrected chi connectivity index (χ3v) is 3.49. The molecule has 1 fully saturated rings. The molecule has 1 atom stereocenters. The van der Waals surface area contributed by atoms with Crippen LogP contribution in [0.3, 0.4) is 0 Å². The molecule has 19 heavy (non-hydrogen) atoms. The van der Waals surface area contributed by atoms with Crippen LogP contribution in [-0.4, -0.2) is 24.1 Å². The van der Waals surface area contributed by atoms with Crippen molar-refractivity contribution in [2.24, 2.45) is 0 Å². The van der Waals surface area contributed by atoms with Crippen molar-refractivity contribution in [2.75, 3.05) is 13.2 Å². The third-order valence-electron chi connectivity index (χ3n) is 3.25. The van der Waals surface area contributed by atoms with Crippen LogP contribution in [-0.2, 0) is 0 Å². The molecule has 6 heteroatoms. The standard InChI is InChI=1S/C13H17ClN2O3/c14-10-4-5-12(16(17)18)13(9-10)19-8-6-11-3-1-2-7-15-11/h4-5,9,11,15H,1-3,6-8H2. The van der Waals surface area contributed by atoms with Crippen LogP contribution in [0.4, 0.5) is 5.69 Å². The van der Waals surface area contributed by atoms with Crippen LogP contribution in [0.25, 0.3) is 0 Å².